The molecule has 0 atom stereocenters. The van der Waals surface area contributed by atoms with E-state index in [0.717, 1.165) is 17.0 Å². The lowest BCUT2D eigenvalue weighted by atomic mass is 9.81. The van der Waals surface area contributed by atoms with E-state index in [1.165, 1.54) is 0 Å². The zero-order valence-electron chi connectivity index (χ0n) is 15.4. The van der Waals surface area contributed by atoms with Crippen molar-refractivity contribution in [2.75, 3.05) is 13.6 Å². The van der Waals surface area contributed by atoms with Crippen LogP contribution in [-0.4, -0.2) is 35.5 Å². The van der Waals surface area contributed by atoms with Crippen molar-refractivity contribution >= 4 is 5.96 Å². The van der Waals surface area contributed by atoms with Crippen molar-refractivity contribution in [2.45, 2.75) is 52.3 Å². The SMILES string of the molecule is CN=C(NCc1c(C)nn(C)c1C)NCC1CCC(C(F)(F)F)CC1. The summed E-state index contributed by atoms with van der Waals surface area (Å²) in [6.45, 7) is 5.26. The first kappa shape index (κ1) is 19.6. The third-order valence-electron chi connectivity index (χ3n) is 5.18. The molecule has 2 N–H and O–H groups in total. The Morgan fingerprint density at radius 2 is 1.84 bits per heavy atom. The number of aliphatic imine (C=N–C) groups is 1. The van der Waals surface area contributed by atoms with E-state index in [-0.39, 0.29) is 18.8 Å². The molecule has 0 unspecified atom stereocenters. The Labute approximate surface area is 147 Å². The summed E-state index contributed by atoms with van der Waals surface area (Å²) < 4.78 is 40.0. The molecule has 1 aliphatic rings. The van der Waals surface area contributed by atoms with Crippen LogP contribution in [0.2, 0.25) is 0 Å². The van der Waals surface area contributed by atoms with Crippen LogP contribution in [0, 0.1) is 25.7 Å². The maximum Gasteiger partial charge on any atom is 0.391 e. The zero-order valence-corrected chi connectivity index (χ0v) is 15.4. The van der Waals surface area contributed by atoms with Gasteiger partial charge in [-0.25, -0.2) is 0 Å². The Bertz CT molecular complexity index is 598. The molecule has 1 aliphatic carbocycles. The number of nitrogens with one attached hydrogen (secondary N) is 2. The van der Waals surface area contributed by atoms with Gasteiger partial charge in [-0.05, 0) is 45.4 Å². The first-order valence-corrected chi connectivity index (χ1v) is 8.72. The second-order valence-electron chi connectivity index (χ2n) is 6.84. The second-order valence-corrected chi connectivity index (χ2v) is 6.84. The Morgan fingerprint density at radius 1 is 1.20 bits per heavy atom. The molecule has 0 amide bonds. The van der Waals surface area contributed by atoms with E-state index in [2.05, 4.69) is 20.7 Å². The summed E-state index contributed by atoms with van der Waals surface area (Å²) in [5.74, 6) is -0.197. The van der Waals surface area contributed by atoms with Crippen LogP contribution < -0.4 is 10.6 Å². The minimum atomic E-state index is -4.05. The first-order chi connectivity index (χ1) is 11.7. The molecule has 8 heteroatoms. The zero-order chi connectivity index (χ0) is 18.6. The number of alkyl halides is 3. The summed E-state index contributed by atoms with van der Waals surface area (Å²) in [7, 11) is 3.61. The molecule has 1 heterocycles. The maximum absolute atomic E-state index is 12.7. The van der Waals surface area contributed by atoms with Crippen LogP contribution in [0.15, 0.2) is 4.99 Å². The van der Waals surface area contributed by atoms with Gasteiger partial charge in [0.25, 0.3) is 0 Å². The number of hydrogen-bond acceptors (Lipinski definition) is 2. The van der Waals surface area contributed by atoms with Crippen LogP contribution in [0.1, 0.15) is 42.6 Å². The number of aryl methyl sites for hydroxylation is 2. The van der Waals surface area contributed by atoms with Gasteiger partial charge in [0, 0.05) is 38.4 Å². The molecule has 0 aromatic carbocycles. The molecule has 0 bridgehead atoms. The molecule has 1 aromatic heterocycles. The molecule has 0 saturated heterocycles. The fraction of sp³-hybridized carbons (Fsp3) is 0.765. The molecule has 5 nitrogen and oxygen atoms in total. The Hall–Kier alpha value is -1.73. The van der Waals surface area contributed by atoms with Crippen molar-refractivity contribution in [3.63, 3.8) is 0 Å². The molecular weight excluding hydrogens is 331 g/mol. The van der Waals surface area contributed by atoms with E-state index in [1.807, 2.05) is 25.6 Å². The fourth-order valence-corrected chi connectivity index (χ4v) is 3.40. The number of guanidine groups is 1. The molecule has 1 aromatic rings. The summed E-state index contributed by atoms with van der Waals surface area (Å²) in [6.07, 6.45) is -2.37. The maximum atomic E-state index is 12.7. The molecule has 2 rings (SSSR count). The molecule has 142 valence electrons. The van der Waals surface area contributed by atoms with Gasteiger partial charge in [0.05, 0.1) is 11.6 Å². The third kappa shape index (κ3) is 5.12. The van der Waals surface area contributed by atoms with Crippen molar-refractivity contribution in [1.29, 1.82) is 0 Å². The van der Waals surface area contributed by atoms with E-state index in [0.29, 0.717) is 31.9 Å². The quantitative estimate of drug-likeness (QED) is 0.642. The summed E-state index contributed by atoms with van der Waals surface area (Å²) in [5.41, 5.74) is 3.22. The van der Waals surface area contributed by atoms with Gasteiger partial charge in [-0.2, -0.15) is 18.3 Å². The topological polar surface area (TPSA) is 54.2 Å². The molecule has 1 fully saturated rings. The number of halogens is 3. The predicted molar refractivity (Wildman–Crippen MR) is 92.4 cm³/mol. The van der Waals surface area contributed by atoms with Gasteiger partial charge in [-0.15, -0.1) is 0 Å². The van der Waals surface area contributed by atoms with Gasteiger partial charge in [0.1, 0.15) is 0 Å². The van der Waals surface area contributed by atoms with Crippen LogP contribution in [-0.2, 0) is 13.6 Å². The van der Waals surface area contributed by atoms with Gasteiger partial charge in [0.15, 0.2) is 5.96 Å². The molecule has 0 spiro atoms. The van der Waals surface area contributed by atoms with Crippen molar-refractivity contribution in [1.82, 2.24) is 20.4 Å². The summed E-state index contributed by atoms with van der Waals surface area (Å²) in [6, 6.07) is 0. The van der Waals surface area contributed by atoms with Gasteiger partial charge >= 0.3 is 6.18 Å². The normalized spacial score (nSPS) is 22.1. The number of rotatable bonds is 4. The number of aromatic nitrogens is 2. The molecule has 25 heavy (non-hydrogen) atoms. The second kappa shape index (κ2) is 8.10. The minimum absolute atomic E-state index is 0.232. The highest BCUT2D eigenvalue weighted by Gasteiger charge is 2.41. The van der Waals surface area contributed by atoms with E-state index in [9.17, 15) is 13.2 Å². The fourth-order valence-electron chi connectivity index (χ4n) is 3.40. The summed E-state index contributed by atoms with van der Waals surface area (Å²) in [4.78, 5) is 4.20. The average Bonchev–Trinajstić information content (AvgIpc) is 2.80. The van der Waals surface area contributed by atoms with Crippen LogP contribution in [0.25, 0.3) is 0 Å². The van der Waals surface area contributed by atoms with Crippen LogP contribution >= 0.6 is 0 Å². The van der Waals surface area contributed by atoms with Crippen molar-refractivity contribution < 1.29 is 13.2 Å². The summed E-state index contributed by atoms with van der Waals surface area (Å²) in [5, 5.41) is 10.9. The van der Waals surface area contributed by atoms with E-state index in [4.69, 9.17) is 0 Å². The third-order valence-corrected chi connectivity index (χ3v) is 5.18. The minimum Gasteiger partial charge on any atom is -0.356 e. The Kier molecular flexibility index (Phi) is 6.35. The van der Waals surface area contributed by atoms with Crippen LogP contribution in [0.5, 0.6) is 0 Å². The Balaban J connectivity index is 1.78. The lowest BCUT2D eigenvalue weighted by Gasteiger charge is -2.30. The van der Waals surface area contributed by atoms with E-state index in [1.54, 1.807) is 7.05 Å². The number of nitrogens with zero attached hydrogens (tertiary/aromatic N) is 3. The van der Waals surface area contributed by atoms with Gasteiger partial charge in [-0.3, -0.25) is 9.67 Å². The van der Waals surface area contributed by atoms with Gasteiger partial charge < -0.3 is 10.6 Å². The first-order valence-electron chi connectivity index (χ1n) is 8.72. The van der Waals surface area contributed by atoms with Crippen molar-refractivity contribution in [3.8, 4) is 0 Å². The van der Waals surface area contributed by atoms with Crippen LogP contribution in [0.3, 0.4) is 0 Å². The highest BCUT2D eigenvalue weighted by atomic mass is 19.4. The lowest BCUT2D eigenvalue weighted by Crippen LogP contribution is -2.40. The predicted octanol–water partition coefficient (Wildman–Crippen LogP) is 3.07. The Morgan fingerprint density at radius 3 is 2.32 bits per heavy atom. The molecule has 0 radical (unpaired) electrons. The lowest BCUT2D eigenvalue weighted by molar-refractivity contribution is -0.183. The van der Waals surface area contributed by atoms with E-state index < -0.39 is 12.1 Å². The van der Waals surface area contributed by atoms with Crippen LogP contribution in [0.4, 0.5) is 13.2 Å². The summed E-state index contributed by atoms with van der Waals surface area (Å²) >= 11 is 0. The van der Waals surface area contributed by atoms with Gasteiger partial charge in [-0.1, -0.05) is 0 Å². The number of hydrogen-bond donors (Lipinski definition) is 2. The van der Waals surface area contributed by atoms with E-state index >= 15 is 0 Å². The smallest absolute Gasteiger partial charge is 0.356 e. The highest BCUT2D eigenvalue weighted by molar-refractivity contribution is 5.79. The van der Waals surface area contributed by atoms with Gasteiger partial charge in [0.2, 0.25) is 0 Å². The molecular formula is C17H28F3N5. The molecule has 0 aliphatic heterocycles. The molecule has 1 saturated carbocycles. The van der Waals surface area contributed by atoms with Crippen molar-refractivity contribution in [3.05, 3.63) is 17.0 Å². The average molecular weight is 359 g/mol. The van der Waals surface area contributed by atoms with Crippen molar-refractivity contribution in [2.24, 2.45) is 23.9 Å². The monoisotopic (exact) mass is 359 g/mol. The standard InChI is InChI=1S/C17H28F3N5/c1-11-15(12(2)25(4)24-11)10-23-16(21-3)22-9-13-5-7-14(8-6-13)17(18,19)20/h13-14H,5-10H2,1-4H3,(H2,21,22,23). The highest BCUT2D eigenvalue weighted by Crippen LogP contribution is 2.39. The largest absolute Gasteiger partial charge is 0.391 e.